The Morgan fingerprint density at radius 3 is 2.58 bits per heavy atom. The first-order valence-corrected chi connectivity index (χ1v) is 9.81. The van der Waals surface area contributed by atoms with Crippen molar-refractivity contribution in [3.63, 3.8) is 0 Å². The highest BCUT2D eigenvalue weighted by atomic mass is 32.2. The van der Waals surface area contributed by atoms with Crippen LogP contribution in [0.4, 0.5) is 11.8 Å². The van der Waals surface area contributed by atoms with Crippen LogP contribution < -0.4 is 9.80 Å². The van der Waals surface area contributed by atoms with Gasteiger partial charge in [-0.1, -0.05) is 0 Å². The van der Waals surface area contributed by atoms with Crippen molar-refractivity contribution >= 4 is 27.5 Å². The van der Waals surface area contributed by atoms with Gasteiger partial charge in [-0.15, -0.1) is 5.10 Å². The van der Waals surface area contributed by atoms with Crippen LogP contribution in [0.1, 0.15) is 13.3 Å². The molecule has 24 heavy (non-hydrogen) atoms. The van der Waals surface area contributed by atoms with E-state index in [4.69, 9.17) is 0 Å². The fourth-order valence-electron chi connectivity index (χ4n) is 3.08. The van der Waals surface area contributed by atoms with Gasteiger partial charge in [-0.2, -0.15) is 10.1 Å². The summed E-state index contributed by atoms with van der Waals surface area (Å²) in [7, 11) is -1.11. The van der Waals surface area contributed by atoms with Crippen molar-refractivity contribution in [1.82, 2.24) is 20.1 Å². The Morgan fingerprint density at radius 1 is 1.29 bits per heavy atom. The van der Waals surface area contributed by atoms with Gasteiger partial charge in [-0.25, -0.2) is 8.42 Å². The predicted molar refractivity (Wildman–Crippen MR) is 89.8 cm³/mol. The van der Waals surface area contributed by atoms with Gasteiger partial charge in [0.1, 0.15) is 0 Å². The number of carbonyl (C=O) groups excluding carboxylic acids is 1. The van der Waals surface area contributed by atoms with Gasteiger partial charge in [0.15, 0.2) is 15.7 Å². The minimum absolute atomic E-state index is 0.0737. The average Bonchev–Trinajstić information content (AvgIpc) is 2.94. The van der Waals surface area contributed by atoms with Gasteiger partial charge in [0.2, 0.25) is 11.9 Å². The van der Waals surface area contributed by atoms with E-state index in [9.17, 15) is 13.2 Å². The van der Waals surface area contributed by atoms with Crippen LogP contribution in [0.2, 0.25) is 0 Å². The van der Waals surface area contributed by atoms with Crippen LogP contribution >= 0.6 is 0 Å². The van der Waals surface area contributed by atoms with Crippen LogP contribution in [-0.2, 0) is 14.6 Å². The molecule has 9 nitrogen and oxygen atoms in total. The summed E-state index contributed by atoms with van der Waals surface area (Å²) < 4.78 is 23.3. The lowest BCUT2D eigenvalue weighted by Crippen LogP contribution is -2.48. The zero-order valence-corrected chi connectivity index (χ0v) is 14.7. The van der Waals surface area contributed by atoms with Crippen LogP contribution in [-0.4, -0.2) is 85.2 Å². The predicted octanol–water partition coefficient (Wildman–Crippen LogP) is -0.837. The van der Waals surface area contributed by atoms with Crippen LogP contribution in [0.15, 0.2) is 6.20 Å². The molecule has 0 saturated carbocycles. The lowest BCUT2D eigenvalue weighted by Gasteiger charge is -2.34. The summed E-state index contributed by atoms with van der Waals surface area (Å²) in [6.07, 6.45) is 2.16. The number of anilines is 2. The minimum atomic E-state index is -2.95. The number of hydrogen-bond acceptors (Lipinski definition) is 8. The smallest absolute Gasteiger partial charge is 0.247 e. The molecule has 2 aliphatic rings. The summed E-state index contributed by atoms with van der Waals surface area (Å²) in [5.74, 6) is 1.59. The molecule has 0 aromatic carbocycles. The molecule has 1 aromatic rings. The topological polar surface area (TPSA) is 99.6 Å². The van der Waals surface area contributed by atoms with Gasteiger partial charge in [0.25, 0.3) is 0 Å². The number of amides is 1. The molecule has 0 bridgehead atoms. The molecule has 2 fully saturated rings. The van der Waals surface area contributed by atoms with Crippen LogP contribution in [0.5, 0.6) is 0 Å². The number of sulfone groups is 1. The quantitative estimate of drug-likeness (QED) is 0.693. The van der Waals surface area contributed by atoms with Crippen LogP contribution in [0.3, 0.4) is 0 Å². The van der Waals surface area contributed by atoms with E-state index in [1.165, 1.54) is 0 Å². The molecule has 132 valence electrons. The first-order chi connectivity index (χ1) is 11.4. The van der Waals surface area contributed by atoms with Crippen LogP contribution in [0, 0.1) is 0 Å². The number of aromatic nitrogens is 3. The van der Waals surface area contributed by atoms with Gasteiger partial charge in [-0.3, -0.25) is 4.79 Å². The molecule has 3 rings (SSSR count). The SMILES string of the molecule is CC(=O)N1CCN(c2nncc(N(C)C3CCS(=O)(=O)C3)n2)CC1. The third-order valence-electron chi connectivity index (χ3n) is 4.66. The van der Waals surface area contributed by atoms with Gasteiger partial charge in [0.05, 0.1) is 17.7 Å². The second-order valence-electron chi connectivity index (χ2n) is 6.28. The summed E-state index contributed by atoms with van der Waals surface area (Å²) in [4.78, 5) is 21.6. The molecule has 10 heteroatoms. The maximum Gasteiger partial charge on any atom is 0.247 e. The molecule has 0 N–H and O–H groups in total. The summed E-state index contributed by atoms with van der Waals surface area (Å²) >= 11 is 0. The van der Waals surface area contributed by atoms with Gasteiger partial charge < -0.3 is 14.7 Å². The Labute approximate surface area is 141 Å². The summed E-state index contributed by atoms with van der Waals surface area (Å²) in [6.45, 7) is 4.16. The lowest BCUT2D eigenvalue weighted by atomic mass is 10.2. The standard InChI is InChI=1S/C14H22N6O3S/c1-11(21)19-4-6-20(7-5-19)14-16-13(9-15-17-14)18(2)12-3-8-24(22,23)10-12/h9,12H,3-8,10H2,1-2H3. The van der Waals surface area contributed by atoms with E-state index in [2.05, 4.69) is 15.2 Å². The van der Waals surface area contributed by atoms with Crippen molar-refractivity contribution in [3.8, 4) is 0 Å². The first-order valence-electron chi connectivity index (χ1n) is 7.99. The number of hydrogen-bond donors (Lipinski definition) is 0. The van der Waals surface area contributed by atoms with Crippen molar-refractivity contribution in [2.45, 2.75) is 19.4 Å². The molecular weight excluding hydrogens is 332 g/mol. The summed E-state index contributed by atoms with van der Waals surface area (Å²) in [5, 5.41) is 8.10. The molecule has 3 heterocycles. The lowest BCUT2D eigenvalue weighted by molar-refractivity contribution is -0.129. The van der Waals surface area contributed by atoms with E-state index in [-0.39, 0.29) is 23.5 Å². The largest absolute Gasteiger partial charge is 0.354 e. The molecule has 1 atom stereocenters. The number of nitrogens with zero attached hydrogens (tertiary/aromatic N) is 6. The zero-order valence-electron chi connectivity index (χ0n) is 13.9. The maximum absolute atomic E-state index is 11.7. The maximum atomic E-state index is 11.7. The highest BCUT2D eigenvalue weighted by molar-refractivity contribution is 7.91. The van der Waals surface area contributed by atoms with E-state index in [1.54, 1.807) is 18.0 Å². The van der Waals surface area contributed by atoms with Crippen LogP contribution in [0.25, 0.3) is 0 Å². The van der Waals surface area contributed by atoms with Gasteiger partial charge in [0, 0.05) is 46.2 Å². The molecule has 2 aliphatic heterocycles. The Balaban J connectivity index is 1.70. The van der Waals surface area contributed by atoms with Gasteiger partial charge >= 0.3 is 0 Å². The molecule has 1 unspecified atom stereocenters. The molecular formula is C14H22N6O3S. The number of piperazine rings is 1. The van der Waals surface area contributed by atoms with Gasteiger partial charge in [-0.05, 0) is 6.42 Å². The second-order valence-corrected chi connectivity index (χ2v) is 8.50. The average molecular weight is 354 g/mol. The van der Waals surface area contributed by atoms with E-state index in [0.717, 1.165) is 0 Å². The highest BCUT2D eigenvalue weighted by Gasteiger charge is 2.31. The monoisotopic (exact) mass is 354 g/mol. The third-order valence-corrected chi connectivity index (χ3v) is 6.41. The Bertz CT molecular complexity index is 717. The summed E-state index contributed by atoms with van der Waals surface area (Å²) in [6, 6.07) is -0.0749. The van der Waals surface area contributed by atoms with E-state index >= 15 is 0 Å². The Morgan fingerprint density at radius 2 is 2.00 bits per heavy atom. The number of rotatable bonds is 3. The summed E-state index contributed by atoms with van der Waals surface area (Å²) in [5.41, 5.74) is 0. The Kier molecular flexibility index (Phi) is 4.57. The van der Waals surface area contributed by atoms with E-state index < -0.39 is 9.84 Å². The molecule has 1 amide bonds. The molecule has 1 aromatic heterocycles. The Hall–Kier alpha value is -1.97. The normalized spacial score (nSPS) is 23.3. The number of carbonyl (C=O) groups is 1. The van der Waals surface area contributed by atoms with Crippen molar-refractivity contribution in [1.29, 1.82) is 0 Å². The molecule has 0 aliphatic carbocycles. The van der Waals surface area contributed by atoms with Crippen molar-refractivity contribution < 1.29 is 13.2 Å². The zero-order chi connectivity index (χ0) is 17.3. The van der Waals surface area contributed by atoms with Crippen molar-refractivity contribution in [3.05, 3.63) is 6.20 Å². The molecule has 2 saturated heterocycles. The highest BCUT2D eigenvalue weighted by Crippen LogP contribution is 2.22. The molecule has 0 spiro atoms. The third kappa shape index (κ3) is 3.58. The minimum Gasteiger partial charge on any atom is -0.354 e. The first kappa shape index (κ1) is 16.9. The van der Waals surface area contributed by atoms with E-state index in [0.29, 0.717) is 44.4 Å². The fraction of sp³-hybridized carbons (Fsp3) is 0.714. The molecule has 0 radical (unpaired) electrons. The fourth-order valence-corrected chi connectivity index (χ4v) is 4.85. The van der Waals surface area contributed by atoms with Crippen molar-refractivity contribution in [2.24, 2.45) is 0 Å². The second kappa shape index (κ2) is 6.50. The van der Waals surface area contributed by atoms with E-state index in [1.807, 2.05) is 16.8 Å². The van der Waals surface area contributed by atoms with Crippen molar-refractivity contribution in [2.75, 3.05) is 54.5 Å².